The summed E-state index contributed by atoms with van der Waals surface area (Å²) in [5, 5.41) is 3.30. The van der Waals surface area contributed by atoms with Gasteiger partial charge in [-0.2, -0.15) is 0 Å². The highest BCUT2D eigenvalue weighted by Gasteiger charge is 2.21. The van der Waals surface area contributed by atoms with Gasteiger partial charge < -0.3 is 10.1 Å². The van der Waals surface area contributed by atoms with Gasteiger partial charge in [0.25, 0.3) is 5.91 Å². The molecular weight excluding hydrogens is 424 g/mol. The minimum Gasteiger partial charge on any atom is -0.496 e. The van der Waals surface area contributed by atoms with Crippen molar-refractivity contribution in [3.05, 3.63) is 58.6 Å². The molecular formula is C22H27ClN2O4S. The van der Waals surface area contributed by atoms with Gasteiger partial charge in [-0.1, -0.05) is 43.0 Å². The Morgan fingerprint density at radius 3 is 2.47 bits per heavy atom. The van der Waals surface area contributed by atoms with E-state index >= 15 is 0 Å². The number of methoxy groups -OCH3 is 1. The second-order valence-electron chi connectivity index (χ2n) is 7.45. The Bertz CT molecular complexity index is 971. The average Bonchev–Trinajstić information content (AvgIpc) is 2.74. The number of rotatable bonds is 8. The van der Waals surface area contributed by atoms with Crippen molar-refractivity contribution in [2.24, 2.45) is 0 Å². The number of hydrogen-bond acceptors (Lipinski definition) is 4. The van der Waals surface area contributed by atoms with Gasteiger partial charge in [0.1, 0.15) is 5.75 Å². The predicted molar refractivity (Wildman–Crippen MR) is 118 cm³/mol. The lowest BCUT2D eigenvalue weighted by atomic mass is 9.96. The van der Waals surface area contributed by atoms with E-state index in [0.717, 1.165) is 31.2 Å². The lowest BCUT2D eigenvalue weighted by molar-refractivity contribution is 0.0951. The van der Waals surface area contributed by atoms with Crippen LogP contribution in [-0.2, 0) is 16.4 Å². The van der Waals surface area contributed by atoms with E-state index in [1.54, 1.807) is 42.5 Å². The molecule has 0 aliphatic heterocycles. The number of hydrogen-bond donors (Lipinski definition) is 2. The van der Waals surface area contributed by atoms with Gasteiger partial charge in [0.15, 0.2) is 0 Å². The molecule has 0 spiro atoms. The Kier molecular flexibility index (Phi) is 7.75. The van der Waals surface area contributed by atoms with Gasteiger partial charge in [-0.25, -0.2) is 13.1 Å². The first-order valence-corrected chi connectivity index (χ1v) is 12.0. The van der Waals surface area contributed by atoms with Crippen LogP contribution in [0.25, 0.3) is 0 Å². The maximum atomic E-state index is 12.6. The Morgan fingerprint density at radius 1 is 1.10 bits per heavy atom. The molecule has 3 rings (SSSR count). The van der Waals surface area contributed by atoms with E-state index < -0.39 is 10.0 Å². The highest BCUT2D eigenvalue weighted by atomic mass is 35.5. The largest absolute Gasteiger partial charge is 0.496 e. The van der Waals surface area contributed by atoms with Crippen LogP contribution in [0, 0.1) is 0 Å². The van der Waals surface area contributed by atoms with Crippen molar-refractivity contribution in [3.8, 4) is 5.75 Å². The molecule has 0 atom stereocenters. The number of carbonyl (C=O) groups excluding carboxylic acids is 1. The Hall–Kier alpha value is -2.09. The van der Waals surface area contributed by atoms with E-state index in [1.165, 1.54) is 13.5 Å². The van der Waals surface area contributed by atoms with Crippen molar-refractivity contribution in [1.82, 2.24) is 10.0 Å². The van der Waals surface area contributed by atoms with Crippen molar-refractivity contribution in [1.29, 1.82) is 0 Å². The molecule has 1 amide bonds. The molecule has 0 heterocycles. The monoisotopic (exact) mass is 450 g/mol. The van der Waals surface area contributed by atoms with Gasteiger partial charge in [0.2, 0.25) is 10.0 Å². The fourth-order valence-electron chi connectivity index (χ4n) is 3.62. The number of sulfonamides is 1. The number of amides is 1. The molecule has 1 aliphatic rings. The zero-order chi connectivity index (χ0) is 21.6. The van der Waals surface area contributed by atoms with E-state index in [9.17, 15) is 13.2 Å². The molecule has 2 N–H and O–H groups in total. The molecule has 30 heavy (non-hydrogen) atoms. The summed E-state index contributed by atoms with van der Waals surface area (Å²) in [6.45, 7) is 0.404. The lowest BCUT2D eigenvalue weighted by Gasteiger charge is -2.22. The van der Waals surface area contributed by atoms with Crippen LogP contribution in [0.5, 0.6) is 5.75 Å². The van der Waals surface area contributed by atoms with Crippen molar-refractivity contribution >= 4 is 27.5 Å². The molecule has 0 saturated heterocycles. The number of ether oxygens (including phenoxy) is 1. The SMILES string of the molecule is COc1ccc(Cl)cc1C(=O)NCCc1ccc(S(=O)(=O)NC2CCCCC2)cc1. The molecule has 1 saturated carbocycles. The van der Waals surface area contributed by atoms with E-state index in [-0.39, 0.29) is 16.8 Å². The summed E-state index contributed by atoms with van der Waals surface area (Å²) in [5.41, 5.74) is 1.31. The minimum atomic E-state index is -3.50. The maximum absolute atomic E-state index is 12.6. The summed E-state index contributed by atoms with van der Waals surface area (Å²) in [6.07, 6.45) is 5.68. The van der Waals surface area contributed by atoms with E-state index in [0.29, 0.717) is 29.3 Å². The zero-order valence-electron chi connectivity index (χ0n) is 17.0. The zero-order valence-corrected chi connectivity index (χ0v) is 18.6. The smallest absolute Gasteiger partial charge is 0.255 e. The number of halogens is 1. The van der Waals surface area contributed by atoms with Crippen LogP contribution in [0.4, 0.5) is 0 Å². The number of carbonyl (C=O) groups is 1. The number of benzene rings is 2. The molecule has 6 nitrogen and oxygen atoms in total. The van der Waals surface area contributed by atoms with Crippen LogP contribution in [-0.4, -0.2) is 34.0 Å². The molecule has 1 fully saturated rings. The first-order chi connectivity index (χ1) is 14.4. The topological polar surface area (TPSA) is 84.5 Å². The standard InChI is InChI=1S/C22H27ClN2O4S/c1-29-21-12-9-17(23)15-20(21)22(26)24-14-13-16-7-10-19(11-8-16)30(27,28)25-18-5-3-2-4-6-18/h7-12,15,18,25H,2-6,13-14H2,1H3,(H,24,26). The van der Waals surface area contributed by atoms with Crippen LogP contribution < -0.4 is 14.8 Å². The van der Waals surface area contributed by atoms with E-state index in [1.807, 2.05) is 0 Å². The summed E-state index contributed by atoms with van der Waals surface area (Å²) >= 11 is 5.97. The molecule has 2 aromatic carbocycles. The fourth-order valence-corrected chi connectivity index (χ4v) is 5.09. The molecule has 162 valence electrons. The van der Waals surface area contributed by atoms with Gasteiger partial charge in [0, 0.05) is 17.6 Å². The minimum absolute atomic E-state index is 0.0297. The van der Waals surface area contributed by atoms with Crippen LogP contribution in [0.3, 0.4) is 0 Å². The van der Waals surface area contributed by atoms with Crippen molar-refractivity contribution in [3.63, 3.8) is 0 Å². The molecule has 0 bridgehead atoms. The Morgan fingerprint density at radius 2 is 1.80 bits per heavy atom. The first kappa shape index (κ1) is 22.6. The molecule has 8 heteroatoms. The first-order valence-electron chi connectivity index (χ1n) is 10.1. The third-order valence-electron chi connectivity index (χ3n) is 5.27. The highest BCUT2D eigenvalue weighted by molar-refractivity contribution is 7.89. The van der Waals surface area contributed by atoms with Crippen LogP contribution in [0.2, 0.25) is 5.02 Å². The van der Waals surface area contributed by atoms with Gasteiger partial charge in [-0.3, -0.25) is 4.79 Å². The fraction of sp³-hybridized carbons (Fsp3) is 0.409. The van der Waals surface area contributed by atoms with Crippen LogP contribution in [0.15, 0.2) is 47.4 Å². The third-order valence-corrected chi connectivity index (χ3v) is 7.04. The lowest BCUT2D eigenvalue weighted by Crippen LogP contribution is -2.36. The molecule has 0 radical (unpaired) electrons. The molecule has 1 aliphatic carbocycles. The molecule has 2 aromatic rings. The summed E-state index contributed by atoms with van der Waals surface area (Å²) in [7, 11) is -2.01. The van der Waals surface area contributed by atoms with Gasteiger partial charge in [-0.15, -0.1) is 0 Å². The third kappa shape index (κ3) is 5.97. The van der Waals surface area contributed by atoms with E-state index in [2.05, 4.69) is 10.0 Å². The summed E-state index contributed by atoms with van der Waals surface area (Å²) < 4.78 is 33.2. The van der Waals surface area contributed by atoms with Gasteiger partial charge in [-0.05, 0) is 55.2 Å². The Labute approximate surface area is 183 Å². The number of nitrogens with one attached hydrogen (secondary N) is 2. The average molecular weight is 451 g/mol. The van der Waals surface area contributed by atoms with Crippen LogP contribution >= 0.6 is 11.6 Å². The predicted octanol–water partition coefficient (Wildman–Crippen LogP) is 3.93. The van der Waals surface area contributed by atoms with Gasteiger partial charge >= 0.3 is 0 Å². The van der Waals surface area contributed by atoms with Crippen molar-refractivity contribution in [2.45, 2.75) is 49.5 Å². The summed E-state index contributed by atoms with van der Waals surface area (Å²) in [4.78, 5) is 12.7. The van der Waals surface area contributed by atoms with Crippen molar-refractivity contribution in [2.75, 3.05) is 13.7 Å². The van der Waals surface area contributed by atoms with Crippen molar-refractivity contribution < 1.29 is 17.9 Å². The summed E-state index contributed by atoms with van der Waals surface area (Å²) in [6, 6.07) is 11.7. The van der Waals surface area contributed by atoms with Crippen LogP contribution in [0.1, 0.15) is 48.0 Å². The quantitative estimate of drug-likeness (QED) is 0.638. The second kappa shape index (κ2) is 10.3. The van der Waals surface area contributed by atoms with Gasteiger partial charge in [0.05, 0.1) is 17.6 Å². The summed E-state index contributed by atoms with van der Waals surface area (Å²) in [5.74, 6) is 0.183. The second-order valence-corrected chi connectivity index (χ2v) is 9.60. The molecule has 0 aromatic heterocycles. The Balaban J connectivity index is 1.54. The highest BCUT2D eigenvalue weighted by Crippen LogP contribution is 2.23. The van der Waals surface area contributed by atoms with E-state index in [4.69, 9.17) is 16.3 Å². The normalized spacial score (nSPS) is 15.0. The maximum Gasteiger partial charge on any atom is 0.255 e. The molecule has 0 unspecified atom stereocenters.